The third kappa shape index (κ3) is 6.51. The van der Waals surface area contributed by atoms with Gasteiger partial charge in [-0.15, -0.1) is 11.3 Å². The molecule has 1 aromatic heterocycles. The first-order valence-corrected chi connectivity index (χ1v) is 13.3. The van der Waals surface area contributed by atoms with E-state index >= 15 is 0 Å². The smallest absolute Gasteiger partial charge is 0.416 e. The zero-order valence-corrected chi connectivity index (χ0v) is 22.1. The van der Waals surface area contributed by atoms with Crippen LogP contribution in [0.2, 0.25) is 0 Å². The average Bonchev–Trinajstić information content (AvgIpc) is 3.57. The quantitative estimate of drug-likeness (QED) is 0.427. The van der Waals surface area contributed by atoms with E-state index in [1.165, 1.54) is 24.3 Å². The lowest BCUT2D eigenvalue weighted by atomic mass is 10.1. The van der Waals surface area contributed by atoms with Crippen LogP contribution in [0, 0.1) is 0 Å². The molecule has 12 heteroatoms. The number of hydrogen-bond donors (Lipinski definition) is 0. The van der Waals surface area contributed by atoms with Gasteiger partial charge in [-0.05, 0) is 29.3 Å². The van der Waals surface area contributed by atoms with Crippen molar-refractivity contribution >= 4 is 23.2 Å². The number of carbonyl (C=O) groups is 2. The summed E-state index contributed by atoms with van der Waals surface area (Å²) in [5.41, 5.74) is 1.05. The van der Waals surface area contributed by atoms with E-state index in [9.17, 15) is 22.8 Å². The summed E-state index contributed by atoms with van der Waals surface area (Å²) in [4.78, 5) is 34.5. The van der Waals surface area contributed by atoms with Gasteiger partial charge >= 0.3 is 6.18 Å². The largest absolute Gasteiger partial charge is 0.454 e. The summed E-state index contributed by atoms with van der Waals surface area (Å²) < 4.78 is 50.8. The van der Waals surface area contributed by atoms with E-state index < -0.39 is 11.7 Å². The Morgan fingerprint density at radius 1 is 0.949 bits per heavy atom. The number of thiazole rings is 1. The first-order chi connectivity index (χ1) is 18.7. The zero-order chi connectivity index (χ0) is 27.6. The molecule has 0 unspecified atom stereocenters. The number of halogens is 3. The van der Waals surface area contributed by atoms with Gasteiger partial charge in [-0.1, -0.05) is 24.3 Å². The molecule has 0 spiro atoms. The summed E-state index contributed by atoms with van der Waals surface area (Å²) in [7, 11) is 0. The van der Waals surface area contributed by atoms with Crippen molar-refractivity contribution in [2.75, 3.05) is 33.0 Å². The molecule has 0 N–H and O–H groups in total. The van der Waals surface area contributed by atoms with Crippen molar-refractivity contribution in [3.63, 3.8) is 0 Å². The number of rotatable bonds is 7. The second-order valence-corrected chi connectivity index (χ2v) is 10.4. The predicted molar refractivity (Wildman–Crippen MR) is 137 cm³/mol. The van der Waals surface area contributed by atoms with Crippen LogP contribution in [0.3, 0.4) is 0 Å². The molecule has 2 aliphatic heterocycles. The Balaban J connectivity index is 1.32. The number of hydrogen-bond acceptors (Lipinski definition) is 7. The summed E-state index contributed by atoms with van der Waals surface area (Å²) >= 11 is 1.33. The topological polar surface area (TPSA) is 75.2 Å². The Bertz CT molecular complexity index is 1350. The van der Waals surface area contributed by atoms with Crippen LogP contribution >= 0.6 is 11.3 Å². The number of piperazine rings is 1. The van der Waals surface area contributed by atoms with E-state index in [1.54, 1.807) is 21.2 Å². The third-order valence-corrected chi connectivity index (χ3v) is 7.48. The fourth-order valence-corrected chi connectivity index (χ4v) is 5.44. The highest BCUT2D eigenvalue weighted by atomic mass is 32.1. The van der Waals surface area contributed by atoms with Gasteiger partial charge in [0.25, 0.3) is 5.91 Å². The maximum absolute atomic E-state index is 13.3. The minimum absolute atomic E-state index is 0.0126. The second kappa shape index (κ2) is 11.2. The summed E-state index contributed by atoms with van der Waals surface area (Å²) in [6, 6.07) is 10.8. The van der Waals surface area contributed by atoms with Crippen LogP contribution < -0.4 is 9.47 Å². The van der Waals surface area contributed by atoms with Gasteiger partial charge in [0.05, 0.1) is 12.1 Å². The molecule has 8 nitrogen and oxygen atoms in total. The molecule has 1 fully saturated rings. The predicted octanol–water partition coefficient (Wildman–Crippen LogP) is 4.40. The highest BCUT2D eigenvalue weighted by Crippen LogP contribution is 2.34. The Labute approximate surface area is 227 Å². The Morgan fingerprint density at radius 2 is 1.64 bits per heavy atom. The fourth-order valence-electron chi connectivity index (χ4n) is 4.63. The van der Waals surface area contributed by atoms with E-state index in [0.29, 0.717) is 67.0 Å². The molecule has 5 rings (SSSR count). The van der Waals surface area contributed by atoms with Crippen LogP contribution in [-0.2, 0) is 30.6 Å². The molecule has 3 heterocycles. The Hall–Kier alpha value is -3.64. The second-order valence-electron chi connectivity index (χ2n) is 9.46. The average molecular weight is 561 g/mol. The van der Waals surface area contributed by atoms with Crippen LogP contribution in [0.1, 0.15) is 39.1 Å². The van der Waals surface area contributed by atoms with E-state index in [1.807, 2.05) is 23.1 Å². The van der Waals surface area contributed by atoms with E-state index in [0.717, 1.165) is 17.7 Å². The molecule has 206 valence electrons. The molecule has 0 radical (unpaired) electrons. The number of alkyl halides is 3. The summed E-state index contributed by atoms with van der Waals surface area (Å²) in [6.45, 7) is 4.51. The molecule has 0 saturated carbocycles. The van der Waals surface area contributed by atoms with Crippen molar-refractivity contribution in [1.82, 2.24) is 19.7 Å². The maximum Gasteiger partial charge on any atom is 0.416 e. The van der Waals surface area contributed by atoms with Gasteiger partial charge in [-0.3, -0.25) is 14.5 Å². The Morgan fingerprint density at radius 3 is 2.36 bits per heavy atom. The van der Waals surface area contributed by atoms with Gasteiger partial charge in [0.2, 0.25) is 12.7 Å². The lowest BCUT2D eigenvalue weighted by molar-refractivity contribution is -0.137. The van der Waals surface area contributed by atoms with Gasteiger partial charge in [-0.2, -0.15) is 13.2 Å². The van der Waals surface area contributed by atoms with Crippen molar-refractivity contribution in [2.24, 2.45) is 0 Å². The molecule has 39 heavy (non-hydrogen) atoms. The van der Waals surface area contributed by atoms with Crippen molar-refractivity contribution in [1.29, 1.82) is 0 Å². The molecule has 2 amide bonds. The number of fused-ring (bicyclic) bond motifs is 1. The molecule has 0 bridgehead atoms. The minimum atomic E-state index is -4.43. The normalized spacial score (nSPS) is 15.2. The van der Waals surface area contributed by atoms with Gasteiger partial charge in [-0.25, -0.2) is 4.98 Å². The van der Waals surface area contributed by atoms with E-state index in [4.69, 9.17) is 9.47 Å². The maximum atomic E-state index is 13.3. The fraction of sp³-hybridized carbons (Fsp3) is 0.370. The number of amides is 2. The standard InChI is InChI=1S/C27H27F3N4O4S/c1-18(35)33-7-9-34(10-8-33)26(36)22-16-39-25(31-22)15-32(13-19-3-2-4-21(11-19)27(28,29)30)14-20-5-6-23-24(12-20)38-17-37-23/h2-6,11-12,16H,7-10,13-15,17H2,1H3. The number of carbonyl (C=O) groups excluding carboxylic acids is 2. The highest BCUT2D eigenvalue weighted by Gasteiger charge is 2.30. The van der Waals surface area contributed by atoms with Gasteiger partial charge in [0.1, 0.15) is 10.7 Å². The van der Waals surface area contributed by atoms with Crippen LogP contribution in [0.4, 0.5) is 13.2 Å². The summed E-state index contributed by atoms with van der Waals surface area (Å²) in [5, 5.41) is 2.38. The molecule has 1 saturated heterocycles. The lowest BCUT2D eigenvalue weighted by Crippen LogP contribution is -2.50. The number of aromatic nitrogens is 1. The van der Waals surface area contributed by atoms with E-state index in [2.05, 4.69) is 4.98 Å². The first-order valence-electron chi connectivity index (χ1n) is 12.4. The van der Waals surface area contributed by atoms with Crippen LogP contribution in [0.15, 0.2) is 47.8 Å². The molecular weight excluding hydrogens is 533 g/mol. The van der Waals surface area contributed by atoms with Crippen molar-refractivity contribution in [2.45, 2.75) is 32.7 Å². The number of benzene rings is 2. The SMILES string of the molecule is CC(=O)N1CCN(C(=O)c2csc(CN(Cc3cccc(C(F)(F)F)c3)Cc3ccc4c(c3)OCO4)n2)CC1. The third-order valence-electron chi connectivity index (χ3n) is 6.65. The zero-order valence-electron chi connectivity index (χ0n) is 21.2. The molecule has 3 aromatic rings. The number of nitrogens with zero attached hydrogens (tertiary/aromatic N) is 4. The summed E-state index contributed by atoms with van der Waals surface area (Å²) in [5.74, 6) is 1.07. The van der Waals surface area contributed by atoms with Crippen LogP contribution in [0.5, 0.6) is 11.5 Å². The Kier molecular flexibility index (Phi) is 7.76. The van der Waals surface area contributed by atoms with Crippen LogP contribution in [-0.4, -0.2) is 64.5 Å². The monoisotopic (exact) mass is 560 g/mol. The van der Waals surface area contributed by atoms with E-state index in [-0.39, 0.29) is 25.2 Å². The van der Waals surface area contributed by atoms with Crippen molar-refractivity contribution in [3.8, 4) is 11.5 Å². The van der Waals surface area contributed by atoms with Gasteiger partial charge in [0, 0.05) is 51.6 Å². The van der Waals surface area contributed by atoms with Gasteiger partial charge in [0.15, 0.2) is 11.5 Å². The molecule has 2 aliphatic rings. The highest BCUT2D eigenvalue weighted by molar-refractivity contribution is 7.09. The van der Waals surface area contributed by atoms with Crippen LogP contribution in [0.25, 0.3) is 0 Å². The molecule has 0 atom stereocenters. The minimum Gasteiger partial charge on any atom is -0.454 e. The summed E-state index contributed by atoms with van der Waals surface area (Å²) in [6.07, 6.45) is -4.43. The molecule has 2 aromatic carbocycles. The molecule has 0 aliphatic carbocycles. The number of ether oxygens (including phenoxy) is 2. The molecular formula is C27H27F3N4O4S. The van der Waals surface area contributed by atoms with Crippen molar-refractivity contribution in [3.05, 3.63) is 75.2 Å². The lowest BCUT2D eigenvalue weighted by Gasteiger charge is -2.33. The first kappa shape index (κ1) is 26.9. The van der Waals surface area contributed by atoms with Gasteiger partial charge < -0.3 is 19.3 Å². The van der Waals surface area contributed by atoms with Crippen molar-refractivity contribution < 1.29 is 32.2 Å².